The number of fused-ring (bicyclic) bond motifs is 2. The number of carbonyl (C=O) groups excluding carboxylic acids is 4. The van der Waals surface area contributed by atoms with Crippen LogP contribution in [0.3, 0.4) is 0 Å². The van der Waals surface area contributed by atoms with Crippen LogP contribution in [0.25, 0.3) is 22.6 Å². The molecule has 1 saturated heterocycles. The van der Waals surface area contributed by atoms with Crippen LogP contribution in [0.15, 0.2) is 45.6 Å². The molecule has 0 amide bonds. The molecule has 6 atom stereocenters. The smallest absolute Gasteiger partial charge is 0.229 e. The van der Waals surface area contributed by atoms with Crippen LogP contribution in [0.2, 0.25) is 0 Å². The molecule has 206 valence electrons. The molecule has 0 radical (unpaired) electrons. The maximum absolute atomic E-state index is 12.9. The molecule has 1 aromatic carbocycles. The van der Waals surface area contributed by atoms with E-state index in [1.807, 2.05) is 0 Å². The SMILES string of the molecule is CC(=O)[C@]1(O)[C@@](O)(C(C)=O)[C@@H](C(=O)C(C)O)O[C@@H](Oc2ccc3nc4ccc(=O)cc-4oc3c2)[C@@]1(N)C(C)=O. The van der Waals surface area contributed by atoms with Crippen molar-refractivity contribution in [2.24, 2.45) is 5.73 Å². The monoisotopic (exact) mass is 542 g/mol. The van der Waals surface area contributed by atoms with E-state index >= 15 is 0 Å². The van der Waals surface area contributed by atoms with Gasteiger partial charge in [-0.3, -0.25) is 24.0 Å². The van der Waals surface area contributed by atoms with E-state index in [9.17, 15) is 39.3 Å². The van der Waals surface area contributed by atoms with Gasteiger partial charge in [-0.25, -0.2) is 4.98 Å². The summed E-state index contributed by atoms with van der Waals surface area (Å²) in [6.45, 7) is 3.41. The number of nitrogens with two attached hydrogens (primary N) is 1. The molecule has 0 bridgehead atoms. The van der Waals surface area contributed by atoms with Crippen molar-refractivity contribution in [2.45, 2.75) is 62.9 Å². The number of ether oxygens (including phenoxy) is 2. The molecule has 1 aliphatic carbocycles. The minimum Gasteiger partial charge on any atom is -0.462 e. The van der Waals surface area contributed by atoms with E-state index in [4.69, 9.17) is 19.6 Å². The zero-order chi connectivity index (χ0) is 29.1. The van der Waals surface area contributed by atoms with E-state index in [0.717, 1.165) is 27.7 Å². The molecule has 3 aliphatic rings. The van der Waals surface area contributed by atoms with Gasteiger partial charge in [-0.1, -0.05) is 0 Å². The summed E-state index contributed by atoms with van der Waals surface area (Å²) in [6, 6.07) is 8.12. The molecule has 2 aliphatic heterocycles. The van der Waals surface area contributed by atoms with Gasteiger partial charge >= 0.3 is 0 Å². The number of aliphatic hydroxyl groups is 3. The van der Waals surface area contributed by atoms with Gasteiger partial charge in [-0.05, 0) is 52.0 Å². The summed E-state index contributed by atoms with van der Waals surface area (Å²) in [5.41, 5.74) is -2.89. The average Bonchev–Trinajstić information content (AvgIpc) is 2.86. The van der Waals surface area contributed by atoms with Gasteiger partial charge < -0.3 is 34.9 Å². The van der Waals surface area contributed by atoms with Crippen molar-refractivity contribution in [3.05, 3.63) is 46.6 Å². The number of nitrogens with zero attached hydrogens (tertiary/aromatic N) is 1. The van der Waals surface area contributed by atoms with Crippen LogP contribution in [-0.2, 0) is 23.9 Å². The van der Waals surface area contributed by atoms with Gasteiger partial charge in [0.1, 0.15) is 23.1 Å². The van der Waals surface area contributed by atoms with Crippen molar-refractivity contribution < 1.29 is 48.4 Å². The largest absolute Gasteiger partial charge is 0.462 e. The first-order chi connectivity index (χ1) is 18.1. The number of carbonyl (C=O) groups is 4. The molecule has 1 fully saturated rings. The fourth-order valence-corrected chi connectivity index (χ4v) is 4.82. The van der Waals surface area contributed by atoms with Crippen LogP contribution in [0.5, 0.6) is 5.75 Å². The second-order valence-electron chi connectivity index (χ2n) is 9.53. The molecule has 39 heavy (non-hydrogen) atoms. The van der Waals surface area contributed by atoms with Crippen LogP contribution in [-0.4, -0.2) is 78.7 Å². The molecule has 0 spiro atoms. The molecule has 2 heterocycles. The average molecular weight is 542 g/mol. The summed E-state index contributed by atoms with van der Waals surface area (Å²) in [4.78, 5) is 67.5. The van der Waals surface area contributed by atoms with Gasteiger partial charge in [0.15, 0.2) is 62.8 Å². The second kappa shape index (κ2) is 9.39. The molecule has 5 N–H and O–H groups in total. The number of hydrogen-bond acceptors (Lipinski definition) is 13. The van der Waals surface area contributed by atoms with E-state index < -0.39 is 58.4 Å². The van der Waals surface area contributed by atoms with Crippen LogP contribution in [0, 0.1) is 0 Å². The highest BCUT2D eigenvalue weighted by Crippen LogP contribution is 2.46. The third kappa shape index (κ3) is 3.97. The van der Waals surface area contributed by atoms with Gasteiger partial charge in [-0.2, -0.15) is 0 Å². The molecule has 0 aromatic heterocycles. The van der Waals surface area contributed by atoms with Crippen molar-refractivity contribution >= 4 is 34.2 Å². The molecular weight excluding hydrogens is 516 g/mol. The Morgan fingerprint density at radius 3 is 2.26 bits per heavy atom. The summed E-state index contributed by atoms with van der Waals surface area (Å²) in [5.74, 6) is -5.03. The Balaban J connectivity index is 1.90. The lowest BCUT2D eigenvalue weighted by molar-refractivity contribution is -0.303. The molecule has 13 nitrogen and oxygen atoms in total. The molecule has 4 rings (SSSR count). The van der Waals surface area contributed by atoms with E-state index in [1.165, 1.54) is 36.4 Å². The topological polar surface area (TPSA) is 217 Å². The number of Topliss-reactive ketones (excluding diaryl/α,β-unsaturated/α-hetero) is 4. The molecular formula is C26H26N2O11. The van der Waals surface area contributed by atoms with Gasteiger partial charge in [0.05, 0.1) is 0 Å². The van der Waals surface area contributed by atoms with Gasteiger partial charge in [0.25, 0.3) is 0 Å². The van der Waals surface area contributed by atoms with Crippen LogP contribution < -0.4 is 15.9 Å². The standard InChI is InChI=1S/C26H26N2O11/c1-11(29)21(34)22-25(35,13(3)31)26(36,14(4)32)24(27,12(2)30)23(39-22)37-16-6-8-18-20(10-16)38-19-9-15(33)5-7-17(19)28-18/h5-11,22-23,29,35-36H,27H2,1-4H3/t11?,22-,23-,24+,25-,26-/m1/s1. The Morgan fingerprint density at radius 2 is 1.69 bits per heavy atom. The van der Waals surface area contributed by atoms with Gasteiger partial charge in [0.2, 0.25) is 6.29 Å². The molecule has 1 unspecified atom stereocenters. The third-order valence-electron chi connectivity index (χ3n) is 7.03. The zero-order valence-corrected chi connectivity index (χ0v) is 21.3. The predicted octanol–water partition coefficient (Wildman–Crippen LogP) is -0.727. The summed E-state index contributed by atoms with van der Waals surface area (Å²) in [6.07, 6.45) is -6.34. The fourth-order valence-electron chi connectivity index (χ4n) is 4.82. The number of hydrogen-bond donors (Lipinski definition) is 4. The lowest BCUT2D eigenvalue weighted by Gasteiger charge is -2.57. The maximum atomic E-state index is 12.9. The Bertz CT molecular complexity index is 1550. The highest BCUT2D eigenvalue weighted by molar-refractivity contribution is 6.09. The summed E-state index contributed by atoms with van der Waals surface area (Å²) in [7, 11) is 0. The van der Waals surface area contributed by atoms with Crippen molar-refractivity contribution in [1.29, 1.82) is 0 Å². The molecule has 1 aromatic rings. The number of aliphatic hydroxyl groups excluding tert-OH is 1. The summed E-state index contributed by atoms with van der Waals surface area (Å²) in [5, 5.41) is 33.0. The minimum atomic E-state index is -3.43. The Labute approximate surface area is 220 Å². The van der Waals surface area contributed by atoms with Crippen molar-refractivity contribution in [1.82, 2.24) is 4.98 Å². The van der Waals surface area contributed by atoms with E-state index in [1.54, 1.807) is 0 Å². The normalized spacial score (nSPS) is 29.6. The maximum Gasteiger partial charge on any atom is 0.229 e. The van der Waals surface area contributed by atoms with Crippen LogP contribution in [0.4, 0.5) is 0 Å². The molecule has 13 heteroatoms. The van der Waals surface area contributed by atoms with E-state index in [2.05, 4.69) is 4.98 Å². The molecule has 0 saturated carbocycles. The lowest BCUT2D eigenvalue weighted by Crippen LogP contribution is -2.90. The number of aromatic nitrogens is 1. The highest BCUT2D eigenvalue weighted by Gasteiger charge is 2.79. The van der Waals surface area contributed by atoms with Crippen LogP contribution in [0.1, 0.15) is 27.7 Å². The zero-order valence-electron chi connectivity index (χ0n) is 21.3. The van der Waals surface area contributed by atoms with E-state index in [-0.39, 0.29) is 22.5 Å². The Kier molecular flexibility index (Phi) is 6.78. The first kappa shape index (κ1) is 28.1. The lowest BCUT2D eigenvalue weighted by atomic mass is 9.59. The number of ketones is 4. The third-order valence-corrected chi connectivity index (χ3v) is 7.03. The summed E-state index contributed by atoms with van der Waals surface area (Å²) < 4.78 is 17.1. The van der Waals surface area contributed by atoms with Crippen molar-refractivity contribution in [2.75, 3.05) is 0 Å². The van der Waals surface area contributed by atoms with E-state index in [0.29, 0.717) is 11.2 Å². The Morgan fingerprint density at radius 1 is 1.03 bits per heavy atom. The Hall–Kier alpha value is -3.88. The fraction of sp³-hybridized carbons (Fsp3) is 0.385. The summed E-state index contributed by atoms with van der Waals surface area (Å²) >= 11 is 0. The minimum absolute atomic E-state index is 0.116. The predicted molar refractivity (Wildman–Crippen MR) is 132 cm³/mol. The number of benzene rings is 2. The van der Waals surface area contributed by atoms with Crippen LogP contribution >= 0.6 is 0 Å². The quantitative estimate of drug-likeness (QED) is 0.271. The van der Waals surface area contributed by atoms with Gasteiger partial charge in [0, 0.05) is 12.1 Å². The van der Waals surface area contributed by atoms with Crippen molar-refractivity contribution in [3.63, 3.8) is 0 Å². The first-order valence-corrected chi connectivity index (χ1v) is 11.7. The van der Waals surface area contributed by atoms with Crippen molar-refractivity contribution in [3.8, 4) is 17.2 Å². The first-order valence-electron chi connectivity index (χ1n) is 11.7. The second-order valence-corrected chi connectivity index (χ2v) is 9.53. The highest BCUT2D eigenvalue weighted by atomic mass is 16.7. The number of rotatable bonds is 7. The van der Waals surface area contributed by atoms with Gasteiger partial charge in [-0.15, -0.1) is 0 Å².